The Morgan fingerprint density at radius 1 is 0.520 bits per heavy atom. The number of aromatic nitrogens is 2. The highest BCUT2D eigenvalue weighted by molar-refractivity contribution is 5.92. The molecular weight excluding hydrogens is 617 g/mol. The second-order valence-electron chi connectivity index (χ2n) is 15.8. The van der Waals surface area contributed by atoms with Crippen molar-refractivity contribution in [1.82, 2.24) is 29.2 Å². The molecule has 4 aliphatic rings. The summed E-state index contributed by atoms with van der Waals surface area (Å²) in [6.45, 7) is 9.10. The van der Waals surface area contributed by atoms with E-state index in [1.54, 1.807) is 0 Å². The summed E-state index contributed by atoms with van der Waals surface area (Å²) in [5, 5.41) is 2.43. The van der Waals surface area contributed by atoms with Crippen LogP contribution in [0.5, 0.6) is 0 Å². The van der Waals surface area contributed by atoms with Crippen LogP contribution in [0.15, 0.2) is 59.4 Å². The van der Waals surface area contributed by atoms with E-state index in [1.807, 2.05) is 12.1 Å². The van der Waals surface area contributed by atoms with Crippen LogP contribution in [0.1, 0.15) is 121 Å². The van der Waals surface area contributed by atoms with Gasteiger partial charge in [-0.25, -0.2) is 0 Å². The van der Waals surface area contributed by atoms with Crippen molar-refractivity contribution in [3.05, 3.63) is 70.5 Å². The molecule has 0 spiro atoms. The van der Waals surface area contributed by atoms with E-state index < -0.39 is 0 Å². The van der Waals surface area contributed by atoms with Crippen molar-refractivity contribution in [2.75, 3.05) is 52.4 Å². The lowest BCUT2D eigenvalue weighted by molar-refractivity contribution is -0.00382. The number of rotatable bonds is 7. The van der Waals surface area contributed by atoms with E-state index in [4.69, 9.17) is 0 Å². The fourth-order valence-corrected chi connectivity index (χ4v) is 9.81. The number of para-hydroxylation sites is 1. The molecule has 4 aliphatic heterocycles. The van der Waals surface area contributed by atoms with E-state index in [0.717, 1.165) is 48.3 Å². The maximum atomic E-state index is 14.2. The molecule has 2 aromatic carbocycles. The molecule has 7 nitrogen and oxygen atoms in total. The second kappa shape index (κ2) is 16.1. The minimum atomic E-state index is 0.0105. The van der Waals surface area contributed by atoms with Crippen LogP contribution >= 0.6 is 0 Å². The number of hydrogen-bond donors (Lipinski definition) is 1. The third-order valence-corrected chi connectivity index (χ3v) is 12.4. The van der Waals surface area contributed by atoms with Crippen molar-refractivity contribution >= 4 is 21.8 Å². The number of pyridine rings is 1. The standard InChI is InChI=1S/C43H60N6O/c50-41-37(32-34-20-9-10-22-38(34)44-41)40-33-36-35(42(45-24-11-1-2-12-25-45)46-26-13-3-4-14-27-46)21-19-23-39(36)49(40)43(47-28-15-5-6-16-29-47)48-30-17-7-8-18-31-48/h9-10,19-23,32-33,42-43H,1-8,11-18,24-31H2,(H,44,50). The Hall–Kier alpha value is -2.97. The van der Waals surface area contributed by atoms with Gasteiger partial charge in [-0.05, 0) is 113 Å². The summed E-state index contributed by atoms with van der Waals surface area (Å²) >= 11 is 0. The summed E-state index contributed by atoms with van der Waals surface area (Å²) in [7, 11) is 0. The zero-order valence-electron chi connectivity index (χ0n) is 30.5. The summed E-state index contributed by atoms with van der Waals surface area (Å²) in [5.74, 6) is 0. The first-order valence-electron chi connectivity index (χ1n) is 20.5. The van der Waals surface area contributed by atoms with Crippen molar-refractivity contribution in [3.8, 4) is 11.3 Å². The van der Waals surface area contributed by atoms with Gasteiger partial charge < -0.3 is 9.55 Å². The normalized spacial score (nSPS) is 21.8. The maximum absolute atomic E-state index is 14.2. The number of benzene rings is 2. The molecule has 7 heteroatoms. The molecule has 50 heavy (non-hydrogen) atoms. The summed E-state index contributed by atoms with van der Waals surface area (Å²) in [6, 6.07) is 20.0. The van der Waals surface area contributed by atoms with Crippen LogP contribution in [0, 0.1) is 0 Å². The molecule has 0 saturated carbocycles. The number of H-pyrrole nitrogens is 1. The van der Waals surface area contributed by atoms with Crippen molar-refractivity contribution in [3.63, 3.8) is 0 Å². The largest absolute Gasteiger partial charge is 0.321 e. The fraction of sp³-hybridized carbons (Fsp3) is 0.605. The third kappa shape index (κ3) is 7.21. The quantitative estimate of drug-likeness (QED) is 0.212. The van der Waals surface area contributed by atoms with Gasteiger partial charge in [0.05, 0.1) is 22.9 Å². The number of nitrogens with one attached hydrogen (secondary N) is 1. The molecule has 0 atom stereocenters. The summed E-state index contributed by atoms with van der Waals surface area (Å²) in [6.07, 6.45) is 21.1. The van der Waals surface area contributed by atoms with E-state index in [2.05, 4.69) is 71.6 Å². The van der Waals surface area contributed by atoms with Gasteiger partial charge in [-0.15, -0.1) is 0 Å². The van der Waals surface area contributed by atoms with E-state index in [-0.39, 0.29) is 18.0 Å². The summed E-state index contributed by atoms with van der Waals surface area (Å²) in [5.41, 5.74) is 5.51. The Morgan fingerprint density at radius 2 is 1.02 bits per heavy atom. The Morgan fingerprint density at radius 3 is 1.56 bits per heavy atom. The van der Waals surface area contributed by atoms with E-state index in [9.17, 15) is 4.79 Å². The summed E-state index contributed by atoms with van der Waals surface area (Å²) < 4.78 is 2.64. The van der Waals surface area contributed by atoms with Gasteiger partial charge >= 0.3 is 0 Å². The van der Waals surface area contributed by atoms with Crippen LogP contribution in [-0.4, -0.2) is 81.5 Å². The molecule has 268 valence electrons. The van der Waals surface area contributed by atoms with Gasteiger partial charge in [0.1, 0.15) is 6.29 Å². The molecule has 4 saturated heterocycles. The first-order chi connectivity index (χ1) is 24.8. The maximum Gasteiger partial charge on any atom is 0.257 e. The summed E-state index contributed by atoms with van der Waals surface area (Å²) in [4.78, 5) is 28.7. The average Bonchev–Trinajstić information content (AvgIpc) is 3.62. The Bertz CT molecular complexity index is 1700. The minimum absolute atomic E-state index is 0.0105. The zero-order chi connectivity index (χ0) is 33.7. The third-order valence-electron chi connectivity index (χ3n) is 12.4. The Balaban J connectivity index is 1.36. The van der Waals surface area contributed by atoms with Gasteiger partial charge in [0.25, 0.3) is 5.56 Å². The Labute approximate surface area is 299 Å². The second-order valence-corrected chi connectivity index (χ2v) is 15.8. The number of hydrogen-bond acceptors (Lipinski definition) is 5. The fourth-order valence-electron chi connectivity index (χ4n) is 9.81. The number of nitrogens with zero attached hydrogens (tertiary/aromatic N) is 5. The van der Waals surface area contributed by atoms with Gasteiger partial charge in [0.15, 0.2) is 0 Å². The Kier molecular flexibility index (Phi) is 11.0. The topological polar surface area (TPSA) is 50.8 Å². The molecule has 0 radical (unpaired) electrons. The molecule has 1 N–H and O–H groups in total. The molecule has 0 amide bonds. The van der Waals surface area contributed by atoms with Crippen LogP contribution in [0.3, 0.4) is 0 Å². The van der Waals surface area contributed by atoms with E-state index in [0.29, 0.717) is 0 Å². The lowest BCUT2D eigenvalue weighted by Gasteiger charge is -2.41. The minimum Gasteiger partial charge on any atom is -0.321 e. The van der Waals surface area contributed by atoms with Crippen LogP contribution in [0.25, 0.3) is 33.1 Å². The van der Waals surface area contributed by atoms with E-state index >= 15 is 0 Å². The van der Waals surface area contributed by atoms with Gasteiger partial charge in [-0.3, -0.25) is 24.4 Å². The SMILES string of the molecule is O=c1[nH]c2ccccc2cc1-c1cc2c(C(N3CCCCCC3)N3CCCCCC3)cccc2n1C(N1CCCCCC1)N1CCCCCC1. The molecule has 4 fully saturated rings. The van der Waals surface area contributed by atoms with Crippen LogP contribution in [0.2, 0.25) is 0 Å². The van der Waals surface area contributed by atoms with Crippen molar-refractivity contribution in [2.45, 2.75) is 115 Å². The predicted octanol–water partition coefficient (Wildman–Crippen LogP) is 9.11. The monoisotopic (exact) mass is 676 g/mol. The van der Waals surface area contributed by atoms with Gasteiger partial charge in [-0.2, -0.15) is 0 Å². The molecule has 6 heterocycles. The average molecular weight is 677 g/mol. The first kappa shape index (κ1) is 34.1. The van der Waals surface area contributed by atoms with E-state index in [1.165, 1.54) is 145 Å². The smallest absolute Gasteiger partial charge is 0.257 e. The highest BCUT2D eigenvalue weighted by Crippen LogP contribution is 2.41. The lowest BCUT2D eigenvalue weighted by Crippen LogP contribution is -2.46. The first-order valence-corrected chi connectivity index (χ1v) is 20.5. The molecule has 0 unspecified atom stereocenters. The highest BCUT2D eigenvalue weighted by atomic mass is 16.1. The number of fused-ring (bicyclic) bond motifs is 2. The van der Waals surface area contributed by atoms with Gasteiger partial charge in [-0.1, -0.05) is 81.7 Å². The van der Waals surface area contributed by atoms with Gasteiger partial charge in [0, 0.05) is 37.1 Å². The molecule has 0 aliphatic carbocycles. The lowest BCUT2D eigenvalue weighted by atomic mass is 10.0. The highest BCUT2D eigenvalue weighted by Gasteiger charge is 2.35. The van der Waals surface area contributed by atoms with Crippen LogP contribution in [-0.2, 0) is 0 Å². The zero-order valence-corrected chi connectivity index (χ0v) is 30.5. The predicted molar refractivity (Wildman–Crippen MR) is 207 cm³/mol. The number of aromatic amines is 1. The number of likely N-dealkylation sites (tertiary alicyclic amines) is 4. The molecule has 4 aromatic rings. The van der Waals surface area contributed by atoms with Crippen molar-refractivity contribution in [2.24, 2.45) is 0 Å². The molecule has 0 bridgehead atoms. The van der Waals surface area contributed by atoms with Crippen LogP contribution < -0.4 is 5.56 Å². The molecule has 8 rings (SSSR count). The molecule has 2 aromatic heterocycles. The molecular formula is C43H60N6O. The van der Waals surface area contributed by atoms with Crippen LogP contribution in [0.4, 0.5) is 0 Å². The van der Waals surface area contributed by atoms with Crippen molar-refractivity contribution in [1.29, 1.82) is 0 Å². The van der Waals surface area contributed by atoms with Crippen molar-refractivity contribution < 1.29 is 0 Å². The van der Waals surface area contributed by atoms with Gasteiger partial charge in [0.2, 0.25) is 0 Å².